The smallest absolute Gasteiger partial charge is 0.312 e. The molecule has 0 amide bonds. The summed E-state index contributed by atoms with van der Waals surface area (Å²) in [5, 5.41) is 11.5. The van der Waals surface area contributed by atoms with Crippen LogP contribution in [0, 0.1) is 0 Å². The summed E-state index contributed by atoms with van der Waals surface area (Å²) in [6.45, 7) is 0. The number of hydrogen-bond acceptors (Lipinski definition) is 6. The van der Waals surface area contributed by atoms with Crippen LogP contribution in [0.4, 0.5) is 0 Å². The van der Waals surface area contributed by atoms with Gasteiger partial charge in [-0.3, -0.25) is 0 Å². The molecule has 6 nitrogen and oxygen atoms in total. The number of rotatable bonds is 2. The van der Waals surface area contributed by atoms with Crippen LogP contribution >= 0.6 is 15.9 Å². The Morgan fingerprint density at radius 3 is 2.85 bits per heavy atom. The van der Waals surface area contributed by atoms with E-state index in [0.717, 1.165) is 23.0 Å². The van der Waals surface area contributed by atoms with Gasteiger partial charge in [0.15, 0.2) is 5.69 Å². The quantitative estimate of drug-likeness (QED) is 0.622. The Kier molecular flexibility index (Phi) is 3.60. The fourth-order valence-electron chi connectivity index (χ4n) is 1.96. The number of benzene rings is 1. The lowest BCUT2D eigenvalue weighted by atomic mass is 9.99. The fraction of sp³-hybridized carbons (Fsp3) is 0.231. The van der Waals surface area contributed by atoms with E-state index in [-0.39, 0.29) is 0 Å². The monoisotopic (exact) mass is 335 g/mol. The summed E-state index contributed by atoms with van der Waals surface area (Å²) in [6.07, 6.45) is 2.38. The number of oxime groups is 1. The summed E-state index contributed by atoms with van der Waals surface area (Å²) < 4.78 is 5.57. The van der Waals surface area contributed by atoms with E-state index in [1.54, 1.807) is 24.3 Å². The molecule has 7 heteroatoms. The van der Waals surface area contributed by atoms with Crippen molar-refractivity contribution >= 4 is 27.6 Å². The maximum atomic E-state index is 11.8. The third-order valence-corrected chi connectivity index (χ3v) is 3.50. The van der Waals surface area contributed by atoms with Crippen molar-refractivity contribution in [1.82, 2.24) is 10.3 Å². The van der Waals surface area contributed by atoms with Crippen LogP contribution in [0.15, 0.2) is 38.5 Å². The molecule has 1 aromatic carbocycles. The average Bonchev–Trinajstić information content (AvgIpc) is 2.94. The Bertz CT molecular complexity index is 664. The normalized spacial score (nSPS) is 15.9. The zero-order valence-corrected chi connectivity index (χ0v) is 12.0. The largest absolute Gasteiger partial charge is 0.365 e. The van der Waals surface area contributed by atoms with Gasteiger partial charge < -0.3 is 4.84 Å². The minimum absolute atomic E-state index is 0.437. The van der Waals surface area contributed by atoms with E-state index in [1.807, 2.05) is 0 Å². The summed E-state index contributed by atoms with van der Waals surface area (Å²) >= 11 is 3.30. The summed E-state index contributed by atoms with van der Waals surface area (Å²) in [5.41, 5.74) is 2.37. The predicted molar refractivity (Wildman–Crippen MR) is 73.3 cm³/mol. The number of halogens is 1. The van der Waals surface area contributed by atoms with Crippen molar-refractivity contribution in [2.45, 2.75) is 19.3 Å². The molecule has 1 aliphatic carbocycles. The number of nitrogens with zero attached hydrogens (tertiary/aromatic N) is 3. The van der Waals surface area contributed by atoms with Crippen molar-refractivity contribution in [2.24, 2.45) is 5.16 Å². The van der Waals surface area contributed by atoms with E-state index in [1.165, 1.54) is 0 Å². The third-order valence-electron chi connectivity index (χ3n) is 2.98. The van der Waals surface area contributed by atoms with E-state index >= 15 is 0 Å². The molecule has 2 aromatic rings. The van der Waals surface area contributed by atoms with Crippen LogP contribution in [-0.4, -0.2) is 22.0 Å². The molecule has 0 bridgehead atoms. The van der Waals surface area contributed by atoms with Gasteiger partial charge in [-0.05, 0) is 48.7 Å². The summed E-state index contributed by atoms with van der Waals surface area (Å²) in [4.78, 5) is 16.8. The second-order valence-corrected chi connectivity index (χ2v) is 5.25. The van der Waals surface area contributed by atoms with Gasteiger partial charge in [0, 0.05) is 4.47 Å². The minimum atomic E-state index is -0.506. The van der Waals surface area contributed by atoms with Gasteiger partial charge in [0.2, 0.25) is 0 Å². The summed E-state index contributed by atoms with van der Waals surface area (Å²) in [5.74, 6) is -0.506. The van der Waals surface area contributed by atoms with Gasteiger partial charge in [0.05, 0.1) is 5.56 Å². The highest BCUT2D eigenvalue weighted by Crippen LogP contribution is 2.18. The van der Waals surface area contributed by atoms with Crippen LogP contribution < -0.4 is 0 Å². The highest BCUT2D eigenvalue weighted by molar-refractivity contribution is 9.10. The first-order valence-electron chi connectivity index (χ1n) is 6.09. The molecule has 0 unspecified atom stereocenters. The summed E-state index contributed by atoms with van der Waals surface area (Å²) in [6, 6.07) is 6.86. The van der Waals surface area contributed by atoms with Crippen molar-refractivity contribution < 1.29 is 14.3 Å². The number of aromatic nitrogens is 2. The average molecular weight is 336 g/mol. The molecule has 0 aliphatic heterocycles. The van der Waals surface area contributed by atoms with Crippen molar-refractivity contribution in [3.05, 3.63) is 45.7 Å². The lowest BCUT2D eigenvalue weighted by Crippen LogP contribution is -2.13. The molecule has 0 fully saturated rings. The zero-order valence-electron chi connectivity index (χ0n) is 10.4. The first-order valence-corrected chi connectivity index (χ1v) is 6.89. The molecule has 1 aliphatic rings. The molecule has 0 saturated carbocycles. The molecule has 0 radical (unpaired) electrons. The van der Waals surface area contributed by atoms with Crippen LogP contribution in [-0.2, 0) is 11.3 Å². The molecule has 0 spiro atoms. The van der Waals surface area contributed by atoms with Gasteiger partial charge in [-0.15, -0.1) is 0 Å². The third kappa shape index (κ3) is 2.62. The number of hydrogen-bond donors (Lipinski definition) is 0. The number of carbonyl (C=O) groups is 1. The Balaban J connectivity index is 1.75. The van der Waals surface area contributed by atoms with E-state index in [0.29, 0.717) is 23.4 Å². The molecular formula is C13H10BrN3O3. The Hall–Kier alpha value is -2.02. The van der Waals surface area contributed by atoms with Crippen molar-refractivity contribution in [1.29, 1.82) is 0 Å². The zero-order chi connectivity index (χ0) is 13.9. The first-order chi connectivity index (χ1) is 9.74. The molecule has 1 heterocycles. The van der Waals surface area contributed by atoms with Crippen LogP contribution in [0.2, 0.25) is 0 Å². The van der Waals surface area contributed by atoms with Crippen LogP contribution in [0.1, 0.15) is 34.6 Å². The van der Waals surface area contributed by atoms with Crippen molar-refractivity contribution in [2.75, 3.05) is 0 Å². The lowest BCUT2D eigenvalue weighted by molar-refractivity contribution is 0.0515. The highest BCUT2D eigenvalue weighted by Gasteiger charge is 2.22. The molecule has 0 atom stereocenters. The van der Waals surface area contributed by atoms with Crippen LogP contribution in [0.3, 0.4) is 0 Å². The lowest BCUT2D eigenvalue weighted by Gasteiger charge is -2.08. The molecule has 20 heavy (non-hydrogen) atoms. The molecule has 0 N–H and O–H groups in total. The maximum Gasteiger partial charge on any atom is 0.365 e. The van der Waals surface area contributed by atoms with E-state index in [4.69, 9.17) is 4.84 Å². The number of carbonyl (C=O) groups excluding carboxylic acids is 1. The van der Waals surface area contributed by atoms with Gasteiger partial charge in [-0.2, -0.15) is 0 Å². The second-order valence-electron chi connectivity index (χ2n) is 4.34. The molecular weight excluding hydrogens is 326 g/mol. The van der Waals surface area contributed by atoms with Gasteiger partial charge in [-0.1, -0.05) is 26.2 Å². The summed E-state index contributed by atoms with van der Waals surface area (Å²) in [7, 11) is 0. The fourth-order valence-corrected chi connectivity index (χ4v) is 2.22. The second kappa shape index (κ2) is 5.54. The SMILES string of the molecule is O=C(O/N=C1\CCCc2nonc21)c1ccc(Br)cc1. The van der Waals surface area contributed by atoms with Gasteiger partial charge in [0.25, 0.3) is 0 Å². The Morgan fingerprint density at radius 2 is 2.05 bits per heavy atom. The topological polar surface area (TPSA) is 77.6 Å². The van der Waals surface area contributed by atoms with E-state index in [9.17, 15) is 4.79 Å². The number of aryl methyl sites for hydroxylation is 1. The first kappa shape index (κ1) is 13.0. The molecule has 1 aromatic heterocycles. The highest BCUT2D eigenvalue weighted by atomic mass is 79.9. The molecule has 102 valence electrons. The van der Waals surface area contributed by atoms with Gasteiger partial charge in [-0.25, -0.2) is 9.42 Å². The predicted octanol–water partition coefficient (Wildman–Crippen LogP) is 2.73. The number of fused-ring (bicyclic) bond motifs is 1. The van der Waals surface area contributed by atoms with Crippen molar-refractivity contribution in [3.63, 3.8) is 0 Å². The minimum Gasteiger partial charge on any atom is -0.312 e. The van der Waals surface area contributed by atoms with Crippen molar-refractivity contribution in [3.8, 4) is 0 Å². The Labute approximate surface area is 122 Å². The van der Waals surface area contributed by atoms with Crippen LogP contribution in [0.25, 0.3) is 0 Å². The van der Waals surface area contributed by atoms with Gasteiger partial charge in [0.1, 0.15) is 11.4 Å². The maximum absolute atomic E-state index is 11.8. The standard InChI is InChI=1S/C13H10BrN3O3/c14-9-6-4-8(5-7-9)13(18)19-15-10-2-1-3-11-12(10)17-20-16-11/h4-7H,1-3H2/b15-10+. The molecule has 3 rings (SSSR count). The van der Waals surface area contributed by atoms with E-state index < -0.39 is 5.97 Å². The van der Waals surface area contributed by atoms with Gasteiger partial charge >= 0.3 is 5.97 Å². The van der Waals surface area contributed by atoms with Crippen LogP contribution in [0.5, 0.6) is 0 Å². The molecule has 0 saturated heterocycles. The van der Waals surface area contributed by atoms with E-state index in [2.05, 4.69) is 36.0 Å². The Morgan fingerprint density at radius 1 is 1.25 bits per heavy atom.